The number of aliphatic hydroxyl groups excluding tert-OH is 1. The van der Waals surface area contributed by atoms with Gasteiger partial charge in [0.1, 0.15) is 18.1 Å². The van der Waals surface area contributed by atoms with Crippen molar-refractivity contribution in [3.63, 3.8) is 0 Å². The number of methoxy groups -OCH3 is 2. The van der Waals surface area contributed by atoms with E-state index in [4.69, 9.17) is 23.7 Å². The van der Waals surface area contributed by atoms with Crippen molar-refractivity contribution >= 4 is 11.8 Å². The third kappa shape index (κ3) is 8.20. The molecule has 3 aliphatic heterocycles. The fourth-order valence-corrected chi connectivity index (χ4v) is 7.56. The summed E-state index contributed by atoms with van der Waals surface area (Å²) in [6, 6.07) is 0.152. The zero-order valence-electron chi connectivity index (χ0n) is 29.4. The molecule has 0 aromatic heterocycles. The van der Waals surface area contributed by atoms with Gasteiger partial charge in [0.2, 0.25) is 0 Å². The Morgan fingerprint density at radius 3 is 2.30 bits per heavy atom. The first-order valence-electron chi connectivity index (χ1n) is 16.3. The van der Waals surface area contributed by atoms with Crippen LogP contribution in [0.2, 0.25) is 0 Å². The minimum absolute atomic E-state index is 0.00700. The summed E-state index contributed by atoms with van der Waals surface area (Å²) in [7, 11) is 9.29. The fourth-order valence-electron chi connectivity index (χ4n) is 7.56. The molecule has 0 spiro atoms. The van der Waals surface area contributed by atoms with Crippen molar-refractivity contribution < 1.29 is 38.4 Å². The summed E-state index contributed by atoms with van der Waals surface area (Å²) >= 11 is 0. The number of hydrogen-bond acceptors (Lipinski definition) is 11. The Kier molecular flexibility index (Phi) is 12.8. The van der Waals surface area contributed by atoms with E-state index in [1.807, 2.05) is 32.8 Å². The van der Waals surface area contributed by atoms with Crippen molar-refractivity contribution in [1.82, 2.24) is 14.7 Å². The molecule has 3 saturated heterocycles. The van der Waals surface area contributed by atoms with Gasteiger partial charge in [-0.3, -0.25) is 19.4 Å². The maximum absolute atomic E-state index is 14.2. The average Bonchev–Trinajstić information content (AvgIpc) is 2.92. The Bertz CT molecular complexity index is 959. The van der Waals surface area contributed by atoms with E-state index in [-0.39, 0.29) is 36.5 Å². The van der Waals surface area contributed by atoms with Crippen LogP contribution in [0.5, 0.6) is 0 Å². The fraction of sp³-hybridized carbons (Fsp3) is 0.939. The molecule has 0 aromatic rings. The Morgan fingerprint density at radius 1 is 1.09 bits per heavy atom. The summed E-state index contributed by atoms with van der Waals surface area (Å²) in [5.74, 6) is -1.11. The number of rotatable bonds is 8. The van der Waals surface area contributed by atoms with E-state index in [1.54, 1.807) is 35.0 Å². The molecule has 3 rings (SSSR count). The second-order valence-corrected chi connectivity index (χ2v) is 14.9. The molecule has 3 fully saturated rings. The van der Waals surface area contributed by atoms with Crippen LogP contribution in [0.15, 0.2) is 0 Å². The van der Waals surface area contributed by atoms with E-state index >= 15 is 0 Å². The van der Waals surface area contributed by atoms with Gasteiger partial charge in [-0.25, -0.2) is 0 Å². The van der Waals surface area contributed by atoms with Crippen LogP contribution < -0.4 is 0 Å². The SMILES string of the molecule is COCC(C)N1CC(C2COC(=O)C(C)(C)C(=O)[C@H](C)[C@@H](O[C@@H]3O[C@H](C)C[C@H](N(C)C)[C@H]3O)[C@](C)(OC)C[C@@H](C)CN2C)C1. The molecule has 1 N–H and O–H groups in total. The Labute approximate surface area is 265 Å². The standard InChI is InChI=1S/C33H61N3O8/c1-20-14-33(7,41-12)29(44-30-27(37)25(34(8)9)13-22(3)43-30)23(4)28(38)32(5,6)31(39)42-19-26(35(10)15-20)24-16-36(17-24)21(2)18-40-11/h20-27,29-30,37H,13-19H2,1-12H3/t20-,21?,22-,23+,25+,26?,27-,29-,30+,33-/m1/s1. The van der Waals surface area contributed by atoms with Gasteiger partial charge in [-0.15, -0.1) is 0 Å². The number of nitrogens with zero attached hydrogens (tertiary/aromatic N) is 3. The highest BCUT2D eigenvalue weighted by atomic mass is 16.7. The molecular formula is C33H61N3O8. The lowest BCUT2D eigenvalue weighted by Gasteiger charge is -2.49. The number of carbonyl (C=O) groups is 2. The third-order valence-electron chi connectivity index (χ3n) is 10.4. The van der Waals surface area contributed by atoms with Crippen molar-refractivity contribution in [2.45, 2.75) is 110 Å². The monoisotopic (exact) mass is 627 g/mol. The summed E-state index contributed by atoms with van der Waals surface area (Å²) < 4.78 is 30.3. The lowest BCUT2D eigenvalue weighted by atomic mass is 9.74. The normalized spacial score (nSPS) is 39.6. The quantitative estimate of drug-likeness (QED) is 0.316. The molecule has 0 amide bonds. The van der Waals surface area contributed by atoms with Crippen molar-refractivity contribution in [1.29, 1.82) is 0 Å². The van der Waals surface area contributed by atoms with Crippen LogP contribution in [0.3, 0.4) is 0 Å². The van der Waals surface area contributed by atoms with E-state index in [2.05, 4.69) is 30.7 Å². The van der Waals surface area contributed by atoms with E-state index in [0.29, 0.717) is 31.4 Å². The number of carbonyl (C=O) groups excluding carboxylic acids is 2. The van der Waals surface area contributed by atoms with Crippen molar-refractivity contribution in [2.24, 2.45) is 23.2 Å². The maximum Gasteiger partial charge on any atom is 0.319 e. The van der Waals surface area contributed by atoms with Crippen LogP contribution in [0.1, 0.15) is 61.3 Å². The van der Waals surface area contributed by atoms with Gasteiger partial charge >= 0.3 is 5.97 Å². The lowest BCUT2D eigenvalue weighted by Crippen LogP contribution is -2.61. The number of likely N-dealkylation sites (N-methyl/N-ethyl adjacent to an activating group) is 2. The van der Waals surface area contributed by atoms with Crippen LogP contribution in [-0.2, 0) is 33.3 Å². The first-order valence-corrected chi connectivity index (χ1v) is 16.3. The van der Waals surface area contributed by atoms with Crippen LogP contribution in [-0.4, -0.2) is 148 Å². The Hall–Kier alpha value is -1.18. The molecule has 11 heteroatoms. The number of likely N-dealkylation sites (tertiary alicyclic amines) is 1. The molecule has 0 aliphatic carbocycles. The number of hydrogen-bond donors (Lipinski definition) is 1. The molecule has 3 aliphatic rings. The summed E-state index contributed by atoms with van der Waals surface area (Å²) in [5.41, 5.74) is -2.33. The second-order valence-electron chi connectivity index (χ2n) is 14.9. The highest BCUT2D eigenvalue weighted by Gasteiger charge is 2.52. The lowest BCUT2D eigenvalue weighted by molar-refractivity contribution is -0.295. The molecule has 11 nitrogen and oxygen atoms in total. The van der Waals surface area contributed by atoms with Gasteiger partial charge < -0.3 is 33.7 Å². The number of cyclic esters (lactones) is 1. The van der Waals surface area contributed by atoms with E-state index in [1.165, 1.54) is 0 Å². The molecule has 0 bridgehead atoms. The number of ketones is 1. The smallest absolute Gasteiger partial charge is 0.319 e. The predicted octanol–water partition coefficient (Wildman–Crippen LogP) is 2.28. The van der Waals surface area contributed by atoms with Crippen LogP contribution in [0, 0.1) is 23.2 Å². The summed E-state index contributed by atoms with van der Waals surface area (Å²) in [6.07, 6.45) is -1.59. The molecule has 44 heavy (non-hydrogen) atoms. The van der Waals surface area contributed by atoms with Gasteiger partial charge in [-0.2, -0.15) is 0 Å². The van der Waals surface area contributed by atoms with Gasteiger partial charge in [0.15, 0.2) is 12.1 Å². The zero-order valence-corrected chi connectivity index (χ0v) is 29.4. The zero-order chi connectivity index (χ0) is 33.1. The summed E-state index contributed by atoms with van der Waals surface area (Å²) in [4.78, 5) is 34.4. The van der Waals surface area contributed by atoms with Gasteiger partial charge in [-0.05, 0) is 74.5 Å². The number of ether oxygens (including phenoxy) is 5. The first-order chi connectivity index (χ1) is 20.5. The highest BCUT2D eigenvalue weighted by molar-refractivity contribution is 6.04. The van der Waals surface area contributed by atoms with Crippen molar-refractivity contribution in [3.8, 4) is 0 Å². The van der Waals surface area contributed by atoms with E-state index in [9.17, 15) is 14.7 Å². The van der Waals surface area contributed by atoms with Crippen molar-refractivity contribution in [2.75, 3.05) is 68.2 Å². The van der Waals surface area contributed by atoms with Gasteiger partial charge in [0, 0.05) is 63.8 Å². The predicted molar refractivity (Wildman–Crippen MR) is 168 cm³/mol. The number of aliphatic hydroxyl groups is 1. The number of Topliss-reactive ketones (excluding diaryl/α,β-unsaturated/α-hetero) is 1. The number of esters is 1. The molecule has 256 valence electrons. The van der Waals surface area contributed by atoms with E-state index in [0.717, 1.165) is 19.6 Å². The van der Waals surface area contributed by atoms with Gasteiger partial charge in [0.05, 0.1) is 24.4 Å². The molecule has 0 saturated carbocycles. The molecular weight excluding hydrogens is 566 g/mol. The first kappa shape index (κ1) is 37.3. The van der Waals surface area contributed by atoms with Crippen LogP contribution in [0.25, 0.3) is 0 Å². The highest BCUT2D eigenvalue weighted by Crippen LogP contribution is 2.38. The molecule has 2 unspecified atom stereocenters. The van der Waals surface area contributed by atoms with Crippen molar-refractivity contribution in [3.05, 3.63) is 0 Å². The summed E-state index contributed by atoms with van der Waals surface area (Å²) in [6.45, 7) is 16.7. The van der Waals surface area contributed by atoms with Gasteiger partial charge in [-0.1, -0.05) is 13.8 Å². The molecule has 3 heterocycles. The Morgan fingerprint density at radius 2 is 1.73 bits per heavy atom. The average molecular weight is 628 g/mol. The molecule has 10 atom stereocenters. The minimum atomic E-state index is -1.41. The third-order valence-corrected chi connectivity index (χ3v) is 10.4. The summed E-state index contributed by atoms with van der Waals surface area (Å²) in [5, 5.41) is 11.3. The topological polar surface area (TPSA) is 110 Å². The van der Waals surface area contributed by atoms with Crippen LogP contribution in [0.4, 0.5) is 0 Å². The largest absolute Gasteiger partial charge is 0.463 e. The van der Waals surface area contributed by atoms with E-state index < -0.39 is 41.4 Å². The molecule has 0 aromatic carbocycles. The second kappa shape index (κ2) is 15.2. The van der Waals surface area contributed by atoms with Gasteiger partial charge in [0.25, 0.3) is 0 Å². The molecule has 0 radical (unpaired) electrons. The Balaban J connectivity index is 1.93. The maximum atomic E-state index is 14.2. The van der Waals surface area contributed by atoms with Crippen LogP contribution >= 0.6 is 0 Å². The minimum Gasteiger partial charge on any atom is -0.463 e.